The molecule has 0 N–H and O–H groups in total. The van der Waals surface area contributed by atoms with Crippen LogP contribution in [0.4, 0.5) is 5.69 Å². The van der Waals surface area contributed by atoms with Crippen LogP contribution in [0.5, 0.6) is 0 Å². The van der Waals surface area contributed by atoms with Crippen molar-refractivity contribution in [2.24, 2.45) is 0 Å². The predicted molar refractivity (Wildman–Crippen MR) is 67.9 cm³/mol. The number of hydrogen-bond acceptors (Lipinski definition) is 2. The lowest BCUT2D eigenvalue weighted by atomic mass is 10.1. The Morgan fingerprint density at radius 1 is 1.40 bits per heavy atom. The molecular formula is C10H11Br2NO2. The summed E-state index contributed by atoms with van der Waals surface area (Å²) in [4.78, 5) is 10.8. The molecule has 1 aromatic carbocycles. The second-order valence-corrected chi connectivity index (χ2v) is 5.12. The van der Waals surface area contributed by atoms with E-state index >= 15 is 0 Å². The molecule has 0 aromatic heterocycles. The average molecular weight is 337 g/mol. The highest BCUT2D eigenvalue weighted by Crippen LogP contribution is 2.21. The highest BCUT2D eigenvalue weighted by atomic mass is 79.9. The number of alkyl halides is 2. The lowest BCUT2D eigenvalue weighted by Crippen LogP contribution is -2.03. The fourth-order valence-electron chi connectivity index (χ4n) is 1.29. The van der Waals surface area contributed by atoms with Gasteiger partial charge in [-0.05, 0) is 12.8 Å². The van der Waals surface area contributed by atoms with Gasteiger partial charge in [0.25, 0.3) is 5.69 Å². The molecule has 0 aliphatic rings. The Balaban J connectivity index is 2.72. The first-order valence-electron chi connectivity index (χ1n) is 4.57. The zero-order valence-corrected chi connectivity index (χ0v) is 11.2. The number of para-hydroxylation sites is 1. The van der Waals surface area contributed by atoms with Gasteiger partial charge in [0.1, 0.15) is 0 Å². The van der Waals surface area contributed by atoms with Gasteiger partial charge in [0, 0.05) is 21.8 Å². The Hall–Kier alpha value is -0.420. The van der Waals surface area contributed by atoms with Crippen molar-refractivity contribution in [3.63, 3.8) is 0 Å². The maximum absolute atomic E-state index is 10.7. The quantitative estimate of drug-likeness (QED) is 0.467. The molecule has 0 saturated heterocycles. The molecule has 82 valence electrons. The van der Waals surface area contributed by atoms with Crippen LogP contribution < -0.4 is 0 Å². The van der Waals surface area contributed by atoms with Crippen LogP contribution in [0, 0.1) is 10.1 Å². The molecule has 1 aromatic rings. The van der Waals surface area contributed by atoms with Gasteiger partial charge in [-0.2, -0.15) is 0 Å². The first-order chi connectivity index (χ1) is 7.15. The van der Waals surface area contributed by atoms with Crippen molar-refractivity contribution < 1.29 is 4.92 Å². The van der Waals surface area contributed by atoms with Crippen LogP contribution in [0.1, 0.15) is 12.0 Å². The van der Waals surface area contributed by atoms with E-state index in [4.69, 9.17) is 0 Å². The van der Waals surface area contributed by atoms with E-state index in [-0.39, 0.29) is 10.6 Å². The Morgan fingerprint density at radius 3 is 2.67 bits per heavy atom. The first kappa shape index (κ1) is 12.6. The van der Waals surface area contributed by atoms with Crippen LogP contribution in [0.25, 0.3) is 0 Å². The summed E-state index contributed by atoms with van der Waals surface area (Å²) in [5, 5.41) is 11.6. The van der Waals surface area contributed by atoms with Crippen LogP contribution >= 0.6 is 31.9 Å². The van der Waals surface area contributed by atoms with Crippen LogP contribution in [-0.2, 0) is 6.42 Å². The second kappa shape index (κ2) is 6.23. The van der Waals surface area contributed by atoms with Gasteiger partial charge in [-0.1, -0.05) is 50.1 Å². The molecule has 3 nitrogen and oxygen atoms in total. The Kier molecular flexibility index (Phi) is 5.25. The molecule has 0 fully saturated rings. The van der Waals surface area contributed by atoms with Gasteiger partial charge in [-0.25, -0.2) is 0 Å². The van der Waals surface area contributed by atoms with Crippen LogP contribution in [0.15, 0.2) is 24.3 Å². The van der Waals surface area contributed by atoms with E-state index in [1.165, 1.54) is 0 Å². The van der Waals surface area contributed by atoms with E-state index in [0.29, 0.717) is 4.83 Å². The summed E-state index contributed by atoms with van der Waals surface area (Å²) >= 11 is 6.83. The van der Waals surface area contributed by atoms with Crippen molar-refractivity contribution in [2.45, 2.75) is 17.7 Å². The van der Waals surface area contributed by atoms with Crippen molar-refractivity contribution in [3.8, 4) is 0 Å². The Labute approximate surface area is 105 Å². The number of nitrogens with zero attached hydrogens (tertiary/aromatic N) is 1. The lowest BCUT2D eigenvalue weighted by Gasteiger charge is -2.05. The lowest BCUT2D eigenvalue weighted by molar-refractivity contribution is -0.385. The average Bonchev–Trinajstić information content (AvgIpc) is 2.26. The predicted octanol–water partition coefficient (Wildman–Crippen LogP) is 3.69. The molecule has 15 heavy (non-hydrogen) atoms. The smallest absolute Gasteiger partial charge is 0.258 e. The fourth-order valence-corrected chi connectivity index (χ4v) is 1.84. The molecule has 0 saturated carbocycles. The molecule has 0 radical (unpaired) electrons. The van der Waals surface area contributed by atoms with Crippen molar-refractivity contribution in [3.05, 3.63) is 39.9 Å². The largest absolute Gasteiger partial charge is 0.272 e. The van der Waals surface area contributed by atoms with E-state index in [1.807, 2.05) is 12.1 Å². The number of benzene rings is 1. The monoisotopic (exact) mass is 335 g/mol. The topological polar surface area (TPSA) is 43.1 Å². The standard InChI is InChI=1S/C10H11Br2NO2/c11-7-9(12)6-5-8-3-1-2-4-10(8)13(14)15/h1-4,9H,5-7H2. The van der Waals surface area contributed by atoms with Crippen LogP contribution in [-0.4, -0.2) is 15.1 Å². The van der Waals surface area contributed by atoms with E-state index in [9.17, 15) is 10.1 Å². The highest BCUT2D eigenvalue weighted by molar-refractivity contribution is 9.12. The maximum Gasteiger partial charge on any atom is 0.272 e. The zero-order chi connectivity index (χ0) is 11.3. The fraction of sp³-hybridized carbons (Fsp3) is 0.400. The van der Waals surface area contributed by atoms with Crippen LogP contribution in [0.3, 0.4) is 0 Å². The maximum atomic E-state index is 10.7. The van der Waals surface area contributed by atoms with E-state index < -0.39 is 0 Å². The molecule has 0 aliphatic carbocycles. The van der Waals surface area contributed by atoms with E-state index in [1.54, 1.807) is 12.1 Å². The second-order valence-electron chi connectivity index (χ2n) is 3.18. The summed E-state index contributed by atoms with van der Waals surface area (Å²) < 4.78 is 0. The van der Waals surface area contributed by atoms with Crippen LogP contribution in [0.2, 0.25) is 0 Å². The third-order valence-corrected chi connectivity index (χ3v) is 4.51. The molecule has 1 unspecified atom stereocenters. The molecule has 1 atom stereocenters. The van der Waals surface area contributed by atoms with Gasteiger partial charge in [-0.15, -0.1) is 0 Å². The highest BCUT2D eigenvalue weighted by Gasteiger charge is 2.13. The molecule has 0 amide bonds. The summed E-state index contributed by atoms with van der Waals surface area (Å²) in [7, 11) is 0. The summed E-state index contributed by atoms with van der Waals surface area (Å²) in [6.07, 6.45) is 1.61. The first-order valence-corrected chi connectivity index (χ1v) is 6.61. The van der Waals surface area contributed by atoms with Gasteiger partial charge in [0.05, 0.1) is 4.92 Å². The van der Waals surface area contributed by atoms with Crippen molar-refractivity contribution >= 4 is 37.5 Å². The van der Waals surface area contributed by atoms with Gasteiger partial charge in [0.2, 0.25) is 0 Å². The van der Waals surface area contributed by atoms with Gasteiger partial charge >= 0.3 is 0 Å². The number of nitro groups is 1. The van der Waals surface area contributed by atoms with Crippen molar-refractivity contribution in [1.82, 2.24) is 0 Å². The minimum Gasteiger partial charge on any atom is -0.258 e. The number of nitro benzene ring substituents is 1. The molecular weight excluding hydrogens is 326 g/mol. The van der Waals surface area contributed by atoms with E-state index in [0.717, 1.165) is 23.7 Å². The Morgan fingerprint density at radius 2 is 2.07 bits per heavy atom. The summed E-state index contributed by atoms with van der Waals surface area (Å²) in [5.41, 5.74) is 1.01. The summed E-state index contributed by atoms with van der Waals surface area (Å²) in [6.45, 7) is 0. The number of aryl methyl sites for hydroxylation is 1. The van der Waals surface area contributed by atoms with Gasteiger partial charge in [-0.3, -0.25) is 10.1 Å². The Bertz CT molecular complexity index is 344. The summed E-state index contributed by atoms with van der Waals surface area (Å²) in [5.74, 6) is 0. The molecule has 0 heterocycles. The van der Waals surface area contributed by atoms with Gasteiger partial charge in [0.15, 0.2) is 0 Å². The zero-order valence-electron chi connectivity index (χ0n) is 8.03. The number of halogens is 2. The van der Waals surface area contributed by atoms with Gasteiger partial charge < -0.3 is 0 Å². The molecule has 5 heteroatoms. The molecule has 0 spiro atoms. The SMILES string of the molecule is O=[N+]([O-])c1ccccc1CCC(Br)CBr. The third kappa shape index (κ3) is 3.91. The molecule has 0 aliphatic heterocycles. The van der Waals surface area contributed by atoms with Crippen molar-refractivity contribution in [2.75, 3.05) is 5.33 Å². The van der Waals surface area contributed by atoms with E-state index in [2.05, 4.69) is 31.9 Å². The minimum atomic E-state index is -0.327. The van der Waals surface area contributed by atoms with Crippen molar-refractivity contribution in [1.29, 1.82) is 0 Å². The molecule has 1 rings (SSSR count). The number of hydrogen-bond donors (Lipinski definition) is 0. The minimum absolute atomic E-state index is 0.215. The summed E-state index contributed by atoms with van der Waals surface area (Å²) in [6, 6.07) is 6.89. The number of rotatable bonds is 5. The molecule has 0 bridgehead atoms. The third-order valence-electron chi connectivity index (χ3n) is 2.08. The normalized spacial score (nSPS) is 12.4.